The lowest BCUT2D eigenvalue weighted by Gasteiger charge is -2.22. The first-order valence-corrected chi connectivity index (χ1v) is 10.4. The summed E-state index contributed by atoms with van der Waals surface area (Å²) in [6.45, 7) is 2.27. The van der Waals surface area contributed by atoms with Crippen LogP contribution < -0.4 is 10.6 Å². The Morgan fingerprint density at radius 1 is 1.26 bits per heavy atom. The summed E-state index contributed by atoms with van der Waals surface area (Å²) in [5.74, 6) is 0.604. The number of carbonyl (C=O) groups excluding carboxylic acids is 1. The first-order chi connectivity index (χ1) is 15.0. The number of nitriles is 2. The zero-order valence-electron chi connectivity index (χ0n) is 17.2. The Morgan fingerprint density at radius 2 is 1.97 bits per heavy atom. The molecule has 0 radical (unpaired) electrons. The molecule has 3 rings (SSSR count). The van der Waals surface area contributed by atoms with Crippen LogP contribution in [0, 0.1) is 22.7 Å². The summed E-state index contributed by atoms with van der Waals surface area (Å²) >= 11 is 1.12. The van der Waals surface area contributed by atoms with Gasteiger partial charge >= 0.3 is 0 Å². The van der Waals surface area contributed by atoms with Gasteiger partial charge in [-0.2, -0.15) is 10.5 Å². The highest BCUT2D eigenvalue weighted by Crippen LogP contribution is 2.39. The molecule has 2 heterocycles. The van der Waals surface area contributed by atoms with Crippen molar-refractivity contribution in [1.82, 2.24) is 15.0 Å². The summed E-state index contributed by atoms with van der Waals surface area (Å²) in [5.41, 5.74) is 7.63. The van der Waals surface area contributed by atoms with Crippen LogP contribution in [0.25, 0.3) is 0 Å². The Labute approximate surface area is 184 Å². The van der Waals surface area contributed by atoms with Crippen LogP contribution in [-0.4, -0.2) is 27.9 Å². The molecule has 1 atom stereocenters. The maximum absolute atomic E-state index is 12.2. The molecule has 31 heavy (non-hydrogen) atoms. The standard InChI is InChI=1S/C22H21N7OS/c1-3-15-16(11-23)21(29(2)13-18-26-9-10-27-18)28-22(17(15)12-24)31-19(20(25)30)14-7-5-4-6-8-14/h4-10,19H,3,13H2,1-2H3,(H2,25,30)(H,26,27). The van der Waals surface area contributed by atoms with E-state index in [-0.39, 0.29) is 0 Å². The smallest absolute Gasteiger partial charge is 0.235 e. The molecule has 3 aromatic rings. The molecule has 0 spiro atoms. The quantitative estimate of drug-likeness (QED) is 0.523. The Morgan fingerprint density at radius 3 is 2.52 bits per heavy atom. The second kappa shape index (κ2) is 9.79. The minimum Gasteiger partial charge on any atom is -0.368 e. The summed E-state index contributed by atoms with van der Waals surface area (Å²) in [6, 6.07) is 13.5. The minimum atomic E-state index is -0.721. The van der Waals surface area contributed by atoms with Gasteiger partial charge in [0.05, 0.1) is 17.7 Å². The maximum Gasteiger partial charge on any atom is 0.235 e. The van der Waals surface area contributed by atoms with Crippen molar-refractivity contribution in [2.24, 2.45) is 5.73 Å². The van der Waals surface area contributed by atoms with E-state index in [4.69, 9.17) is 5.73 Å². The van der Waals surface area contributed by atoms with Crippen molar-refractivity contribution in [1.29, 1.82) is 10.5 Å². The number of carbonyl (C=O) groups is 1. The average molecular weight is 432 g/mol. The molecular weight excluding hydrogens is 410 g/mol. The molecule has 1 aromatic carbocycles. The molecule has 9 heteroatoms. The largest absolute Gasteiger partial charge is 0.368 e. The first-order valence-electron chi connectivity index (χ1n) is 9.57. The maximum atomic E-state index is 12.2. The van der Waals surface area contributed by atoms with Gasteiger partial charge in [0.25, 0.3) is 0 Å². The zero-order valence-corrected chi connectivity index (χ0v) is 18.0. The number of thioether (sulfide) groups is 1. The van der Waals surface area contributed by atoms with Crippen molar-refractivity contribution >= 4 is 23.5 Å². The van der Waals surface area contributed by atoms with Gasteiger partial charge in [-0.15, -0.1) is 0 Å². The molecule has 0 bridgehead atoms. The number of nitrogens with zero attached hydrogens (tertiary/aromatic N) is 5. The predicted octanol–water partition coefficient (Wildman–Crippen LogP) is 3.07. The van der Waals surface area contributed by atoms with Crippen molar-refractivity contribution in [2.45, 2.75) is 30.2 Å². The van der Waals surface area contributed by atoms with Crippen LogP contribution in [0.4, 0.5) is 5.82 Å². The summed E-state index contributed by atoms with van der Waals surface area (Å²) in [4.78, 5) is 25.9. The van der Waals surface area contributed by atoms with E-state index in [1.165, 1.54) is 0 Å². The molecule has 0 saturated heterocycles. The lowest BCUT2D eigenvalue weighted by Crippen LogP contribution is -2.22. The van der Waals surface area contributed by atoms with Gasteiger partial charge in [-0.05, 0) is 17.5 Å². The van der Waals surface area contributed by atoms with E-state index in [1.807, 2.05) is 37.3 Å². The zero-order chi connectivity index (χ0) is 22.4. The number of primary amides is 1. The second-order valence-corrected chi connectivity index (χ2v) is 7.84. The van der Waals surface area contributed by atoms with E-state index < -0.39 is 11.2 Å². The van der Waals surface area contributed by atoms with Crippen LogP contribution in [0.2, 0.25) is 0 Å². The van der Waals surface area contributed by atoms with Crippen molar-refractivity contribution in [3.63, 3.8) is 0 Å². The van der Waals surface area contributed by atoms with Gasteiger partial charge < -0.3 is 15.6 Å². The van der Waals surface area contributed by atoms with Crippen LogP contribution in [0.5, 0.6) is 0 Å². The van der Waals surface area contributed by atoms with E-state index in [0.29, 0.717) is 46.3 Å². The summed E-state index contributed by atoms with van der Waals surface area (Å²) < 4.78 is 0. The molecule has 1 unspecified atom stereocenters. The lowest BCUT2D eigenvalue weighted by molar-refractivity contribution is -0.117. The highest BCUT2D eigenvalue weighted by atomic mass is 32.2. The van der Waals surface area contributed by atoms with Crippen LogP contribution in [0.1, 0.15) is 40.3 Å². The van der Waals surface area contributed by atoms with Crippen molar-refractivity contribution < 1.29 is 4.79 Å². The molecule has 0 aliphatic heterocycles. The summed E-state index contributed by atoms with van der Waals surface area (Å²) in [7, 11) is 1.80. The SMILES string of the molecule is CCc1c(C#N)c(SC(C(N)=O)c2ccccc2)nc(N(C)Cc2ncc[nH]2)c1C#N. The van der Waals surface area contributed by atoms with Crippen LogP contribution >= 0.6 is 11.8 Å². The highest BCUT2D eigenvalue weighted by molar-refractivity contribution is 8.00. The van der Waals surface area contributed by atoms with Gasteiger partial charge in [-0.1, -0.05) is 49.0 Å². The number of rotatable bonds is 8. The monoisotopic (exact) mass is 431 g/mol. The molecule has 156 valence electrons. The molecule has 8 nitrogen and oxygen atoms in total. The summed E-state index contributed by atoms with van der Waals surface area (Å²) in [5, 5.41) is 19.3. The van der Waals surface area contributed by atoms with E-state index in [2.05, 4.69) is 27.1 Å². The number of pyridine rings is 1. The minimum absolute atomic E-state index is 0.293. The average Bonchev–Trinajstić information content (AvgIpc) is 3.29. The van der Waals surface area contributed by atoms with Crippen LogP contribution in [0.3, 0.4) is 0 Å². The Hall–Kier alpha value is -3.82. The number of hydrogen-bond acceptors (Lipinski definition) is 7. The highest BCUT2D eigenvalue weighted by Gasteiger charge is 2.26. The molecule has 2 aromatic heterocycles. The molecule has 0 saturated carbocycles. The number of nitrogens with two attached hydrogens (primary N) is 1. The fourth-order valence-corrected chi connectivity index (χ4v) is 4.32. The Bertz CT molecular complexity index is 1150. The number of anilines is 1. The van der Waals surface area contributed by atoms with E-state index in [9.17, 15) is 15.3 Å². The predicted molar refractivity (Wildman–Crippen MR) is 118 cm³/mol. The molecule has 1 amide bonds. The van der Waals surface area contributed by atoms with Gasteiger partial charge in [0.15, 0.2) is 0 Å². The third kappa shape index (κ3) is 4.68. The van der Waals surface area contributed by atoms with Gasteiger partial charge in [0.2, 0.25) is 5.91 Å². The number of benzene rings is 1. The number of aromatic amines is 1. The number of imidazole rings is 1. The number of nitrogens with one attached hydrogen (secondary N) is 1. The van der Waals surface area contributed by atoms with Gasteiger partial charge in [0.1, 0.15) is 34.1 Å². The molecule has 0 aliphatic rings. The number of aromatic nitrogens is 3. The van der Waals surface area contributed by atoms with Crippen LogP contribution in [-0.2, 0) is 17.8 Å². The van der Waals surface area contributed by atoms with Gasteiger partial charge in [-0.3, -0.25) is 4.79 Å². The lowest BCUT2D eigenvalue weighted by atomic mass is 10.0. The first kappa shape index (κ1) is 21.9. The third-order valence-electron chi connectivity index (χ3n) is 4.72. The van der Waals surface area contributed by atoms with Crippen molar-refractivity contribution in [3.05, 3.63) is 70.8 Å². The van der Waals surface area contributed by atoms with Gasteiger partial charge in [-0.25, -0.2) is 9.97 Å². The Balaban J connectivity index is 2.11. The number of H-pyrrole nitrogens is 1. The molecule has 0 fully saturated rings. The van der Waals surface area contributed by atoms with Crippen molar-refractivity contribution in [3.8, 4) is 12.1 Å². The molecular formula is C22H21N7OS. The Kier molecular flexibility index (Phi) is 6.91. The number of amides is 1. The summed E-state index contributed by atoms with van der Waals surface area (Å²) in [6.07, 6.45) is 3.84. The van der Waals surface area contributed by atoms with Gasteiger partial charge in [0, 0.05) is 19.4 Å². The van der Waals surface area contributed by atoms with E-state index in [0.717, 1.165) is 17.3 Å². The normalized spacial score (nSPS) is 11.4. The third-order valence-corrected chi connectivity index (χ3v) is 5.98. The van der Waals surface area contributed by atoms with E-state index >= 15 is 0 Å². The fraction of sp³-hybridized carbons (Fsp3) is 0.227. The number of hydrogen-bond donors (Lipinski definition) is 2. The van der Waals surface area contributed by atoms with Crippen LogP contribution in [0.15, 0.2) is 47.8 Å². The van der Waals surface area contributed by atoms with E-state index in [1.54, 1.807) is 24.3 Å². The second-order valence-electron chi connectivity index (χ2n) is 6.75. The topological polar surface area (TPSA) is 135 Å². The van der Waals surface area contributed by atoms with Crippen molar-refractivity contribution in [2.75, 3.05) is 11.9 Å². The fourth-order valence-electron chi connectivity index (χ4n) is 3.26. The molecule has 0 aliphatic carbocycles. The molecule has 3 N–H and O–H groups in total.